The molecule has 0 radical (unpaired) electrons. The lowest BCUT2D eigenvalue weighted by Gasteiger charge is -2.07. The summed E-state index contributed by atoms with van der Waals surface area (Å²) in [6, 6.07) is 17.8. The summed E-state index contributed by atoms with van der Waals surface area (Å²) in [4.78, 5) is 16.5. The maximum atomic E-state index is 12.3. The minimum absolute atomic E-state index is 0.146. The van der Waals surface area contributed by atoms with E-state index >= 15 is 0 Å². The molecule has 3 heteroatoms. The summed E-state index contributed by atoms with van der Waals surface area (Å²) in [6.45, 7) is 2.55. The number of fused-ring (bicyclic) bond motifs is 1. The van der Waals surface area contributed by atoms with Gasteiger partial charge in [-0.2, -0.15) is 0 Å². The van der Waals surface area contributed by atoms with Crippen molar-refractivity contribution >= 4 is 16.7 Å². The van der Waals surface area contributed by atoms with E-state index in [1.807, 2.05) is 61.5 Å². The lowest BCUT2D eigenvalue weighted by atomic mass is 10.1. The molecule has 0 aliphatic rings. The van der Waals surface area contributed by atoms with Crippen molar-refractivity contribution < 1.29 is 4.79 Å². The molecule has 0 saturated carbocycles. The average Bonchev–Trinajstić information content (AvgIpc) is 2.53. The number of pyridine rings is 1. The predicted octanol–water partition coefficient (Wildman–Crippen LogP) is 3.47. The zero-order valence-electron chi connectivity index (χ0n) is 11.8. The van der Waals surface area contributed by atoms with Crippen LogP contribution >= 0.6 is 0 Å². The summed E-state index contributed by atoms with van der Waals surface area (Å²) in [5.74, 6) is -0.146. The second kappa shape index (κ2) is 5.75. The van der Waals surface area contributed by atoms with Crippen molar-refractivity contribution in [3.05, 3.63) is 77.6 Å². The molecule has 3 aromatic rings. The molecule has 0 saturated heterocycles. The second-order valence-corrected chi connectivity index (χ2v) is 5.05. The van der Waals surface area contributed by atoms with Crippen LogP contribution in [0.15, 0.2) is 60.8 Å². The Hall–Kier alpha value is -2.68. The van der Waals surface area contributed by atoms with Gasteiger partial charge in [0.2, 0.25) is 0 Å². The normalized spacial score (nSPS) is 10.5. The fourth-order valence-electron chi connectivity index (χ4n) is 2.27. The van der Waals surface area contributed by atoms with Crippen molar-refractivity contribution in [3.8, 4) is 0 Å². The van der Waals surface area contributed by atoms with Gasteiger partial charge in [-0.05, 0) is 23.9 Å². The zero-order chi connectivity index (χ0) is 14.7. The first-order chi connectivity index (χ1) is 10.2. The maximum Gasteiger partial charge on any atom is 0.270 e. The first kappa shape index (κ1) is 13.3. The highest BCUT2D eigenvalue weighted by atomic mass is 16.1. The number of rotatable bonds is 3. The van der Waals surface area contributed by atoms with Crippen LogP contribution in [0.25, 0.3) is 10.8 Å². The van der Waals surface area contributed by atoms with Gasteiger partial charge >= 0.3 is 0 Å². The van der Waals surface area contributed by atoms with Crippen LogP contribution in [-0.4, -0.2) is 10.9 Å². The molecule has 104 valence electrons. The monoisotopic (exact) mass is 276 g/mol. The van der Waals surface area contributed by atoms with Gasteiger partial charge in [0.05, 0.1) is 0 Å². The molecule has 0 aliphatic heterocycles. The van der Waals surface area contributed by atoms with Crippen LogP contribution in [0.4, 0.5) is 0 Å². The van der Waals surface area contributed by atoms with Gasteiger partial charge in [0, 0.05) is 18.1 Å². The van der Waals surface area contributed by atoms with E-state index < -0.39 is 0 Å². The second-order valence-electron chi connectivity index (χ2n) is 5.05. The third kappa shape index (κ3) is 2.92. The molecule has 1 N–H and O–H groups in total. The van der Waals surface area contributed by atoms with Crippen molar-refractivity contribution in [2.24, 2.45) is 0 Å². The fourth-order valence-corrected chi connectivity index (χ4v) is 2.27. The van der Waals surface area contributed by atoms with Gasteiger partial charge in [0.15, 0.2) is 0 Å². The number of hydrogen-bond donors (Lipinski definition) is 1. The molecule has 0 aliphatic carbocycles. The quantitative estimate of drug-likeness (QED) is 0.796. The first-order valence-electron chi connectivity index (χ1n) is 6.91. The van der Waals surface area contributed by atoms with E-state index in [0.717, 1.165) is 16.3 Å². The van der Waals surface area contributed by atoms with Gasteiger partial charge in [-0.3, -0.25) is 9.78 Å². The summed E-state index contributed by atoms with van der Waals surface area (Å²) < 4.78 is 0. The van der Waals surface area contributed by atoms with Crippen LogP contribution in [0, 0.1) is 6.92 Å². The molecule has 1 aromatic heterocycles. The fraction of sp³-hybridized carbons (Fsp3) is 0.111. The number of carbonyl (C=O) groups excluding carboxylic acids is 1. The largest absolute Gasteiger partial charge is 0.347 e. The van der Waals surface area contributed by atoms with E-state index in [1.54, 1.807) is 6.20 Å². The van der Waals surface area contributed by atoms with Crippen molar-refractivity contribution in [1.82, 2.24) is 10.3 Å². The van der Waals surface area contributed by atoms with E-state index in [-0.39, 0.29) is 5.91 Å². The van der Waals surface area contributed by atoms with Crippen LogP contribution in [0.1, 0.15) is 21.6 Å². The lowest BCUT2D eigenvalue weighted by molar-refractivity contribution is 0.0948. The smallest absolute Gasteiger partial charge is 0.270 e. The number of benzene rings is 2. The Morgan fingerprint density at radius 3 is 2.62 bits per heavy atom. The summed E-state index contributed by atoms with van der Waals surface area (Å²) >= 11 is 0. The number of hydrogen-bond acceptors (Lipinski definition) is 2. The molecule has 0 unspecified atom stereocenters. The highest BCUT2D eigenvalue weighted by Gasteiger charge is 2.10. The van der Waals surface area contributed by atoms with Gasteiger partial charge < -0.3 is 5.32 Å². The number of carbonyl (C=O) groups is 1. The Balaban J connectivity index is 1.79. The molecule has 3 rings (SSSR count). The summed E-state index contributed by atoms with van der Waals surface area (Å²) in [5.41, 5.74) is 2.76. The first-order valence-corrected chi connectivity index (χ1v) is 6.91. The highest BCUT2D eigenvalue weighted by Crippen LogP contribution is 2.16. The number of aryl methyl sites for hydroxylation is 1. The van der Waals surface area contributed by atoms with E-state index in [0.29, 0.717) is 12.2 Å². The number of nitrogens with zero attached hydrogens (tertiary/aromatic N) is 1. The Bertz CT molecular complexity index is 773. The number of aromatic nitrogens is 1. The molecule has 0 atom stereocenters. The van der Waals surface area contributed by atoms with Crippen LogP contribution in [0.2, 0.25) is 0 Å². The van der Waals surface area contributed by atoms with Crippen LogP contribution < -0.4 is 5.32 Å². The topological polar surface area (TPSA) is 42.0 Å². The van der Waals surface area contributed by atoms with Crippen molar-refractivity contribution in [2.75, 3.05) is 0 Å². The molecular weight excluding hydrogens is 260 g/mol. The lowest BCUT2D eigenvalue weighted by Crippen LogP contribution is -2.24. The summed E-state index contributed by atoms with van der Waals surface area (Å²) in [7, 11) is 0. The van der Waals surface area contributed by atoms with Gasteiger partial charge in [-0.25, -0.2) is 0 Å². The van der Waals surface area contributed by atoms with E-state index in [2.05, 4.69) is 10.3 Å². The molecule has 1 heterocycles. The van der Waals surface area contributed by atoms with Crippen molar-refractivity contribution in [1.29, 1.82) is 0 Å². The standard InChI is InChI=1S/C18H16N2O/c1-13-6-8-14(9-7-13)12-20-18(21)17-16-5-3-2-4-15(16)10-11-19-17/h2-11H,12H2,1H3,(H,20,21). The Kier molecular flexibility index (Phi) is 3.65. The van der Waals surface area contributed by atoms with Gasteiger partial charge in [-0.1, -0.05) is 54.1 Å². The van der Waals surface area contributed by atoms with E-state index in [1.165, 1.54) is 5.56 Å². The van der Waals surface area contributed by atoms with Crippen LogP contribution in [0.3, 0.4) is 0 Å². The van der Waals surface area contributed by atoms with E-state index in [9.17, 15) is 4.79 Å². The molecule has 0 bridgehead atoms. The molecule has 0 spiro atoms. The molecule has 1 amide bonds. The summed E-state index contributed by atoms with van der Waals surface area (Å²) in [6.07, 6.45) is 1.67. The van der Waals surface area contributed by atoms with Gasteiger partial charge in [0.25, 0.3) is 5.91 Å². The molecule has 3 nitrogen and oxygen atoms in total. The van der Waals surface area contributed by atoms with Gasteiger partial charge in [0.1, 0.15) is 5.69 Å². The zero-order valence-corrected chi connectivity index (χ0v) is 11.8. The Morgan fingerprint density at radius 1 is 1.05 bits per heavy atom. The summed E-state index contributed by atoms with van der Waals surface area (Å²) in [5, 5.41) is 4.82. The predicted molar refractivity (Wildman–Crippen MR) is 84.1 cm³/mol. The molecular formula is C18H16N2O. The third-order valence-corrected chi connectivity index (χ3v) is 3.46. The van der Waals surface area contributed by atoms with Gasteiger partial charge in [-0.15, -0.1) is 0 Å². The van der Waals surface area contributed by atoms with Crippen LogP contribution in [0.5, 0.6) is 0 Å². The minimum Gasteiger partial charge on any atom is -0.347 e. The third-order valence-electron chi connectivity index (χ3n) is 3.46. The van der Waals surface area contributed by atoms with Crippen LogP contribution in [-0.2, 0) is 6.54 Å². The molecule has 0 fully saturated rings. The van der Waals surface area contributed by atoms with Crippen molar-refractivity contribution in [3.63, 3.8) is 0 Å². The average molecular weight is 276 g/mol. The number of amides is 1. The Morgan fingerprint density at radius 2 is 1.81 bits per heavy atom. The highest BCUT2D eigenvalue weighted by molar-refractivity contribution is 6.05. The molecule has 2 aromatic carbocycles. The van der Waals surface area contributed by atoms with Crippen molar-refractivity contribution in [2.45, 2.75) is 13.5 Å². The van der Waals surface area contributed by atoms with E-state index in [4.69, 9.17) is 0 Å². The molecule has 21 heavy (non-hydrogen) atoms. The maximum absolute atomic E-state index is 12.3. The Labute approximate surface area is 123 Å². The number of nitrogens with one attached hydrogen (secondary N) is 1. The SMILES string of the molecule is Cc1ccc(CNC(=O)c2nccc3ccccc23)cc1. The minimum atomic E-state index is -0.146.